The monoisotopic (exact) mass is 320 g/mol. The van der Waals surface area contributed by atoms with Crippen molar-refractivity contribution >= 4 is 12.3 Å². The highest BCUT2D eigenvalue weighted by atomic mass is 16.8. The highest BCUT2D eigenvalue weighted by Gasteiger charge is 2.12. The van der Waals surface area contributed by atoms with Crippen molar-refractivity contribution in [3.8, 4) is 0 Å². The third kappa shape index (κ3) is 20.4. The topological polar surface area (TPSA) is 112 Å². The summed E-state index contributed by atoms with van der Waals surface area (Å²) in [6, 6.07) is 0. The molecule has 0 atom stereocenters. The van der Waals surface area contributed by atoms with Gasteiger partial charge in [-0.25, -0.2) is 9.59 Å². The normalized spacial score (nSPS) is 9.09. The number of carbonyl (C=O) groups excluding carboxylic acids is 2. The Balaban J connectivity index is 0. The molecule has 2 N–H and O–H groups in total. The second-order valence-corrected chi connectivity index (χ2v) is 4.15. The fourth-order valence-corrected chi connectivity index (χ4v) is 0.722. The number of hydrogen-bond donors (Lipinski definition) is 2. The Labute approximate surface area is 129 Å². The molecule has 0 aliphatic rings. The van der Waals surface area contributed by atoms with Crippen molar-refractivity contribution in [3.05, 3.63) is 24.3 Å². The molecule has 0 aliphatic carbocycles. The van der Waals surface area contributed by atoms with Crippen LogP contribution in [0.25, 0.3) is 0 Å². The lowest BCUT2D eigenvalue weighted by Crippen LogP contribution is -2.16. The van der Waals surface area contributed by atoms with Crippen LogP contribution >= 0.6 is 0 Å². The van der Waals surface area contributed by atoms with E-state index in [-0.39, 0.29) is 26.4 Å². The predicted molar refractivity (Wildman–Crippen MR) is 78.4 cm³/mol. The van der Waals surface area contributed by atoms with Crippen LogP contribution in [0.5, 0.6) is 0 Å². The van der Waals surface area contributed by atoms with Gasteiger partial charge < -0.3 is 29.2 Å². The molecule has 8 nitrogen and oxygen atoms in total. The first kappa shape index (κ1) is 22.4. The lowest BCUT2D eigenvalue weighted by atomic mass is 10.4. The molecule has 0 fully saturated rings. The lowest BCUT2D eigenvalue weighted by Gasteiger charge is -2.05. The Kier molecular flexibility index (Phi) is 15.8. The van der Waals surface area contributed by atoms with Crippen LogP contribution in [0, 0.1) is 0 Å². The molecule has 8 heteroatoms. The van der Waals surface area contributed by atoms with Gasteiger partial charge in [0.25, 0.3) is 0 Å². The molecule has 22 heavy (non-hydrogen) atoms. The first-order valence-electron chi connectivity index (χ1n) is 6.43. The molecule has 0 spiro atoms. The van der Waals surface area contributed by atoms with E-state index in [1.54, 1.807) is 13.8 Å². The molecule has 0 rings (SSSR count). The third-order valence-electron chi connectivity index (χ3n) is 1.51. The molecule has 0 bridgehead atoms. The van der Waals surface area contributed by atoms with Crippen LogP contribution < -0.4 is 0 Å². The van der Waals surface area contributed by atoms with Crippen LogP contribution in [0.3, 0.4) is 0 Å². The third-order valence-corrected chi connectivity index (χ3v) is 1.51. The molecule has 0 saturated carbocycles. The summed E-state index contributed by atoms with van der Waals surface area (Å²) < 4.78 is 17.8. The summed E-state index contributed by atoms with van der Waals surface area (Å²) in [5, 5.41) is 16.2. The summed E-state index contributed by atoms with van der Waals surface area (Å²) in [5.74, 6) is 0. The van der Waals surface area contributed by atoms with Crippen LogP contribution in [0.2, 0.25) is 0 Å². The average Bonchev–Trinajstić information content (AvgIpc) is 2.44. The van der Waals surface area contributed by atoms with Gasteiger partial charge in [0, 0.05) is 0 Å². The minimum Gasteiger partial charge on any atom is -0.429 e. The SMILES string of the molecule is C=C(C)COC(=O)OC(=O)OCC(=C)C.OCCOCCO. The number of aliphatic hydroxyl groups excluding tert-OH is 2. The second-order valence-electron chi connectivity index (χ2n) is 4.15. The number of ether oxygens (including phenoxy) is 4. The molecule has 0 aromatic carbocycles. The number of rotatable bonds is 8. The van der Waals surface area contributed by atoms with E-state index in [1.165, 1.54) is 0 Å². The molecule has 0 aromatic heterocycles. The zero-order valence-corrected chi connectivity index (χ0v) is 13.0. The fraction of sp³-hybridized carbons (Fsp3) is 0.571. The van der Waals surface area contributed by atoms with Crippen molar-refractivity contribution in [2.45, 2.75) is 13.8 Å². The largest absolute Gasteiger partial charge is 0.518 e. The number of hydrogen-bond acceptors (Lipinski definition) is 8. The summed E-state index contributed by atoms with van der Waals surface area (Å²) in [4.78, 5) is 21.6. The standard InChI is InChI=1S/C10H14O5.C4H10O3/c1-7(2)5-13-9(11)15-10(12)14-6-8(3)4;5-1-3-7-4-2-6/h1,3,5-6H2,2,4H3;5-6H,1-4H2. The van der Waals surface area contributed by atoms with Crippen molar-refractivity contribution < 1.29 is 38.7 Å². The van der Waals surface area contributed by atoms with Gasteiger partial charge in [-0.15, -0.1) is 0 Å². The van der Waals surface area contributed by atoms with Crippen LogP contribution in [-0.2, 0) is 18.9 Å². The van der Waals surface area contributed by atoms with Crippen molar-refractivity contribution in [3.63, 3.8) is 0 Å². The molecule has 0 aliphatic heterocycles. The van der Waals surface area contributed by atoms with Gasteiger partial charge in [-0.2, -0.15) is 0 Å². The highest BCUT2D eigenvalue weighted by molar-refractivity contribution is 5.77. The molecule has 0 amide bonds. The van der Waals surface area contributed by atoms with Gasteiger partial charge in [0.15, 0.2) is 0 Å². The second kappa shape index (κ2) is 15.5. The van der Waals surface area contributed by atoms with Gasteiger partial charge in [-0.1, -0.05) is 13.2 Å². The minimum absolute atomic E-state index is 0.00655. The summed E-state index contributed by atoms with van der Waals surface area (Å²) in [7, 11) is 0. The predicted octanol–water partition coefficient (Wildman–Crippen LogP) is 1.42. The van der Waals surface area contributed by atoms with Crippen LogP contribution in [0.4, 0.5) is 9.59 Å². The average molecular weight is 320 g/mol. The van der Waals surface area contributed by atoms with Gasteiger partial charge in [0.2, 0.25) is 0 Å². The van der Waals surface area contributed by atoms with Crippen molar-refractivity contribution in [1.82, 2.24) is 0 Å². The van der Waals surface area contributed by atoms with E-state index in [1.807, 2.05) is 0 Å². The zero-order chi connectivity index (χ0) is 17.4. The van der Waals surface area contributed by atoms with Crippen molar-refractivity contribution in [2.24, 2.45) is 0 Å². The Morgan fingerprint density at radius 2 is 1.23 bits per heavy atom. The maximum Gasteiger partial charge on any atom is 0.518 e. The van der Waals surface area contributed by atoms with E-state index in [2.05, 4.69) is 32.1 Å². The Bertz CT molecular complexity index is 319. The summed E-state index contributed by atoms with van der Waals surface area (Å²) in [6.07, 6.45) is -2.21. The Morgan fingerprint density at radius 1 is 0.864 bits per heavy atom. The molecule has 0 saturated heterocycles. The van der Waals surface area contributed by atoms with Gasteiger partial charge in [0.05, 0.1) is 26.4 Å². The van der Waals surface area contributed by atoms with Gasteiger partial charge in [0.1, 0.15) is 13.2 Å². The Hall–Kier alpha value is -1.90. The van der Waals surface area contributed by atoms with Crippen LogP contribution in [0.1, 0.15) is 13.8 Å². The van der Waals surface area contributed by atoms with Crippen LogP contribution in [-0.4, -0.2) is 62.2 Å². The summed E-state index contributed by atoms with van der Waals surface area (Å²) in [6.45, 7) is 11.1. The van der Waals surface area contributed by atoms with Gasteiger partial charge >= 0.3 is 12.3 Å². The van der Waals surface area contributed by atoms with E-state index < -0.39 is 12.3 Å². The first-order chi connectivity index (χ1) is 10.3. The summed E-state index contributed by atoms with van der Waals surface area (Å²) >= 11 is 0. The smallest absolute Gasteiger partial charge is 0.429 e. The molecule has 0 aromatic rings. The highest BCUT2D eigenvalue weighted by Crippen LogP contribution is 1.96. The molecule has 0 heterocycles. The maximum atomic E-state index is 10.8. The first-order valence-corrected chi connectivity index (χ1v) is 6.43. The molecular weight excluding hydrogens is 296 g/mol. The maximum absolute atomic E-state index is 10.8. The minimum atomic E-state index is -1.11. The van der Waals surface area contributed by atoms with Gasteiger partial charge in [-0.05, 0) is 25.0 Å². The van der Waals surface area contributed by atoms with E-state index in [9.17, 15) is 9.59 Å². The zero-order valence-electron chi connectivity index (χ0n) is 13.0. The Morgan fingerprint density at radius 3 is 1.50 bits per heavy atom. The molecule has 0 radical (unpaired) electrons. The number of aliphatic hydroxyl groups is 2. The van der Waals surface area contributed by atoms with E-state index in [0.717, 1.165) is 0 Å². The molecule has 128 valence electrons. The van der Waals surface area contributed by atoms with Crippen molar-refractivity contribution in [2.75, 3.05) is 39.6 Å². The van der Waals surface area contributed by atoms with Crippen molar-refractivity contribution in [1.29, 1.82) is 0 Å². The summed E-state index contributed by atoms with van der Waals surface area (Å²) in [5.41, 5.74) is 1.28. The van der Waals surface area contributed by atoms with Crippen LogP contribution in [0.15, 0.2) is 24.3 Å². The molecular formula is C14H24O8. The number of carbonyl (C=O) groups is 2. The van der Waals surface area contributed by atoms with Gasteiger partial charge in [-0.3, -0.25) is 0 Å². The van der Waals surface area contributed by atoms with E-state index in [4.69, 9.17) is 10.2 Å². The quantitative estimate of drug-likeness (QED) is 0.299. The fourth-order valence-electron chi connectivity index (χ4n) is 0.722. The van der Waals surface area contributed by atoms with E-state index >= 15 is 0 Å². The molecule has 0 unspecified atom stereocenters. The van der Waals surface area contributed by atoms with E-state index in [0.29, 0.717) is 24.4 Å². The lowest BCUT2D eigenvalue weighted by molar-refractivity contribution is 0.0437.